The van der Waals surface area contributed by atoms with Crippen molar-refractivity contribution in [1.82, 2.24) is 15.0 Å². The molecular formula is C18H25ClN4O2. The second-order valence-corrected chi connectivity index (χ2v) is 7.24. The van der Waals surface area contributed by atoms with Crippen LogP contribution >= 0.6 is 12.4 Å². The summed E-state index contributed by atoms with van der Waals surface area (Å²) in [6.07, 6.45) is 5.38. The highest BCUT2D eigenvalue weighted by Gasteiger charge is 2.33. The number of piperidine rings is 1. The zero-order chi connectivity index (χ0) is 16.8. The minimum Gasteiger partial charge on any atom is -0.336 e. The number of aryl methyl sites for hydroxylation is 1. The van der Waals surface area contributed by atoms with Gasteiger partial charge in [0.1, 0.15) is 0 Å². The number of carbonyl (C=O) groups excluding carboxylic acids is 1. The molecule has 0 radical (unpaired) electrons. The number of nitrogens with two attached hydrogens (primary N) is 1. The van der Waals surface area contributed by atoms with Crippen molar-refractivity contribution in [2.24, 2.45) is 5.73 Å². The van der Waals surface area contributed by atoms with Gasteiger partial charge in [0.15, 0.2) is 0 Å². The van der Waals surface area contributed by atoms with Crippen LogP contribution in [-0.2, 0) is 0 Å². The van der Waals surface area contributed by atoms with Crippen LogP contribution in [0.5, 0.6) is 0 Å². The molecule has 1 amide bonds. The van der Waals surface area contributed by atoms with Crippen molar-refractivity contribution in [2.75, 3.05) is 6.54 Å². The number of hydrogen-bond donors (Lipinski definition) is 1. The molecule has 0 spiro atoms. The molecule has 2 atom stereocenters. The van der Waals surface area contributed by atoms with E-state index in [1.165, 1.54) is 0 Å². The summed E-state index contributed by atoms with van der Waals surface area (Å²) in [6.45, 7) is 4.61. The van der Waals surface area contributed by atoms with Gasteiger partial charge in [0.25, 0.3) is 11.6 Å². The summed E-state index contributed by atoms with van der Waals surface area (Å²) in [6, 6.07) is 2.02. The molecule has 2 N–H and O–H groups in total. The Morgan fingerprint density at radius 2 is 2.12 bits per heavy atom. The lowest BCUT2D eigenvalue weighted by Crippen LogP contribution is -2.51. The van der Waals surface area contributed by atoms with Gasteiger partial charge < -0.3 is 15.2 Å². The number of nitrogens with zero attached hydrogens (tertiary/aromatic N) is 3. The number of hydrogen-bond acceptors (Lipinski definition) is 5. The van der Waals surface area contributed by atoms with Crippen LogP contribution in [0.3, 0.4) is 0 Å². The van der Waals surface area contributed by atoms with E-state index in [1.807, 2.05) is 24.8 Å². The largest absolute Gasteiger partial charge is 0.336 e. The van der Waals surface area contributed by atoms with Gasteiger partial charge in [-0.1, -0.05) is 5.16 Å². The Labute approximate surface area is 153 Å². The summed E-state index contributed by atoms with van der Waals surface area (Å²) in [4.78, 5) is 19.9. The van der Waals surface area contributed by atoms with Gasteiger partial charge >= 0.3 is 0 Å². The maximum Gasteiger partial charge on any atom is 0.259 e. The Hall–Kier alpha value is -1.66. The molecule has 1 aliphatic carbocycles. The first-order valence-corrected chi connectivity index (χ1v) is 8.89. The van der Waals surface area contributed by atoms with Crippen LogP contribution in [0.25, 0.3) is 11.1 Å². The highest BCUT2D eigenvalue weighted by atomic mass is 35.5. The number of aromatic nitrogens is 2. The zero-order valence-corrected chi connectivity index (χ0v) is 15.5. The van der Waals surface area contributed by atoms with E-state index in [0.717, 1.165) is 55.4 Å². The summed E-state index contributed by atoms with van der Waals surface area (Å²) in [7, 11) is 0. The highest BCUT2D eigenvalue weighted by molar-refractivity contribution is 6.06. The van der Waals surface area contributed by atoms with E-state index in [-0.39, 0.29) is 30.4 Å². The molecule has 2 unspecified atom stereocenters. The third-order valence-electron chi connectivity index (χ3n) is 5.28. The number of halogens is 1. The molecule has 1 aliphatic heterocycles. The predicted octanol–water partition coefficient (Wildman–Crippen LogP) is 3.17. The van der Waals surface area contributed by atoms with Crippen molar-refractivity contribution < 1.29 is 9.32 Å². The minimum absolute atomic E-state index is 0. The Bertz CT molecular complexity index is 785. The van der Waals surface area contributed by atoms with Crippen molar-refractivity contribution in [2.45, 2.75) is 64.0 Å². The zero-order valence-electron chi connectivity index (χ0n) is 14.7. The summed E-state index contributed by atoms with van der Waals surface area (Å²) in [5.74, 6) is 0.495. The van der Waals surface area contributed by atoms with Crippen LogP contribution in [0, 0.1) is 6.92 Å². The Balaban J connectivity index is 0.00000182. The monoisotopic (exact) mass is 364 g/mol. The molecule has 7 heteroatoms. The van der Waals surface area contributed by atoms with Crippen LogP contribution in [0.2, 0.25) is 0 Å². The number of rotatable bonds is 3. The van der Waals surface area contributed by atoms with Crippen molar-refractivity contribution >= 4 is 29.4 Å². The van der Waals surface area contributed by atoms with Gasteiger partial charge in [0.2, 0.25) is 0 Å². The van der Waals surface area contributed by atoms with Crippen molar-refractivity contribution in [3.8, 4) is 0 Å². The lowest BCUT2D eigenvalue weighted by atomic mass is 9.95. The van der Waals surface area contributed by atoms with Crippen LogP contribution in [0.4, 0.5) is 0 Å². The van der Waals surface area contributed by atoms with Crippen molar-refractivity contribution in [3.63, 3.8) is 0 Å². The van der Waals surface area contributed by atoms with Gasteiger partial charge in [0, 0.05) is 30.2 Å². The molecule has 3 heterocycles. The Kier molecular flexibility index (Phi) is 5.02. The van der Waals surface area contributed by atoms with E-state index in [9.17, 15) is 4.79 Å². The molecule has 1 saturated carbocycles. The molecule has 0 aromatic carbocycles. The van der Waals surface area contributed by atoms with E-state index in [0.29, 0.717) is 17.2 Å². The molecular weight excluding hydrogens is 340 g/mol. The van der Waals surface area contributed by atoms with Crippen LogP contribution in [-0.4, -0.2) is 39.6 Å². The molecule has 1 saturated heterocycles. The minimum atomic E-state index is -0.0296. The van der Waals surface area contributed by atoms with Crippen LogP contribution in [0.1, 0.15) is 66.7 Å². The maximum absolute atomic E-state index is 13.3. The van der Waals surface area contributed by atoms with Gasteiger partial charge in [0.05, 0.1) is 16.6 Å². The fraction of sp³-hybridized carbons (Fsp3) is 0.611. The molecule has 2 fully saturated rings. The van der Waals surface area contributed by atoms with E-state index >= 15 is 0 Å². The Morgan fingerprint density at radius 1 is 1.36 bits per heavy atom. The predicted molar refractivity (Wildman–Crippen MR) is 98.1 cm³/mol. The Morgan fingerprint density at radius 3 is 2.80 bits per heavy atom. The van der Waals surface area contributed by atoms with Gasteiger partial charge in [-0.05, 0) is 52.0 Å². The maximum atomic E-state index is 13.3. The fourth-order valence-corrected chi connectivity index (χ4v) is 3.78. The average Bonchev–Trinajstić information content (AvgIpc) is 3.37. The molecule has 2 aromatic rings. The second kappa shape index (κ2) is 6.92. The average molecular weight is 365 g/mol. The summed E-state index contributed by atoms with van der Waals surface area (Å²) in [5, 5.41) is 4.77. The van der Waals surface area contributed by atoms with E-state index < -0.39 is 0 Å². The highest BCUT2D eigenvalue weighted by Crippen LogP contribution is 2.40. The molecule has 4 rings (SSSR count). The third-order valence-corrected chi connectivity index (χ3v) is 5.28. The number of fused-ring (bicyclic) bond motifs is 1. The lowest BCUT2D eigenvalue weighted by molar-refractivity contribution is 0.0585. The summed E-state index contributed by atoms with van der Waals surface area (Å²) in [5.41, 5.74) is 8.98. The third kappa shape index (κ3) is 3.25. The first kappa shape index (κ1) is 18.1. The normalized spacial score (nSPS) is 21.9. The van der Waals surface area contributed by atoms with Gasteiger partial charge in [-0.2, -0.15) is 0 Å². The topological polar surface area (TPSA) is 85.2 Å². The standard InChI is InChI=1S/C18H24N4O2.ClH/c1-10(19)15-5-3-4-8-22(15)18(23)13-9-14(12-6-7-12)20-17-16(13)11(2)21-24-17;/h9-10,12,15H,3-8,19H2,1-2H3;1H. The van der Waals surface area contributed by atoms with E-state index in [1.54, 1.807) is 0 Å². The van der Waals surface area contributed by atoms with Gasteiger partial charge in [-0.25, -0.2) is 4.98 Å². The molecule has 2 aliphatic rings. The lowest BCUT2D eigenvalue weighted by Gasteiger charge is -2.38. The van der Waals surface area contributed by atoms with Crippen molar-refractivity contribution in [3.05, 3.63) is 23.0 Å². The number of likely N-dealkylation sites (tertiary alicyclic amines) is 1. The number of pyridine rings is 1. The smallest absolute Gasteiger partial charge is 0.259 e. The van der Waals surface area contributed by atoms with Crippen LogP contribution in [0.15, 0.2) is 10.6 Å². The molecule has 25 heavy (non-hydrogen) atoms. The van der Waals surface area contributed by atoms with E-state index in [4.69, 9.17) is 10.3 Å². The van der Waals surface area contributed by atoms with Gasteiger partial charge in [-0.15, -0.1) is 12.4 Å². The second-order valence-electron chi connectivity index (χ2n) is 7.24. The van der Waals surface area contributed by atoms with Crippen LogP contribution < -0.4 is 5.73 Å². The summed E-state index contributed by atoms with van der Waals surface area (Å²) < 4.78 is 5.36. The first-order valence-electron chi connectivity index (χ1n) is 8.89. The number of amides is 1. The molecule has 136 valence electrons. The molecule has 2 aromatic heterocycles. The molecule has 6 nitrogen and oxygen atoms in total. The summed E-state index contributed by atoms with van der Waals surface area (Å²) >= 11 is 0. The molecule has 0 bridgehead atoms. The first-order chi connectivity index (χ1) is 11.6. The SMILES string of the molecule is Cc1noc2nc(C3CC3)cc(C(=O)N3CCCCC3C(C)N)c12.Cl. The quantitative estimate of drug-likeness (QED) is 0.904. The van der Waals surface area contributed by atoms with Crippen molar-refractivity contribution in [1.29, 1.82) is 0 Å². The number of carbonyl (C=O) groups is 1. The van der Waals surface area contributed by atoms with E-state index in [2.05, 4.69) is 10.1 Å². The van der Waals surface area contributed by atoms with Gasteiger partial charge in [-0.3, -0.25) is 4.79 Å². The fourth-order valence-electron chi connectivity index (χ4n) is 3.78.